The van der Waals surface area contributed by atoms with E-state index in [0.717, 1.165) is 5.56 Å². The highest BCUT2D eigenvalue weighted by Crippen LogP contribution is 2.20. The van der Waals surface area contributed by atoms with Crippen molar-refractivity contribution >= 4 is 17.3 Å². The fourth-order valence-electron chi connectivity index (χ4n) is 1.87. The number of aryl methyl sites for hydroxylation is 1. The number of anilines is 2. The van der Waals surface area contributed by atoms with Crippen molar-refractivity contribution < 1.29 is 9.53 Å². The summed E-state index contributed by atoms with van der Waals surface area (Å²) in [5.74, 6) is 0.305. The van der Waals surface area contributed by atoms with Crippen LogP contribution in [0.2, 0.25) is 0 Å². The highest BCUT2D eigenvalue weighted by molar-refractivity contribution is 5.92. The first-order valence-corrected chi connectivity index (χ1v) is 6.33. The first-order valence-electron chi connectivity index (χ1n) is 6.33. The summed E-state index contributed by atoms with van der Waals surface area (Å²) in [6, 6.07) is 11.0. The number of para-hydroxylation sites is 1. The Bertz CT molecular complexity index is 599. The normalized spacial score (nSPS) is 10.1. The largest absolute Gasteiger partial charge is 0.480 e. The van der Waals surface area contributed by atoms with Gasteiger partial charge in [-0.2, -0.15) is 0 Å². The first kappa shape index (κ1) is 13.9. The lowest BCUT2D eigenvalue weighted by Crippen LogP contribution is -2.13. The summed E-state index contributed by atoms with van der Waals surface area (Å²) in [6.07, 6.45) is 2.56. The molecule has 1 amide bonds. The number of pyridine rings is 1. The molecule has 2 rings (SSSR count). The number of aromatic nitrogens is 1. The monoisotopic (exact) mass is 271 g/mol. The van der Waals surface area contributed by atoms with Crippen molar-refractivity contribution in [1.82, 2.24) is 4.98 Å². The van der Waals surface area contributed by atoms with Crippen LogP contribution in [0.1, 0.15) is 12.0 Å². The maximum absolute atomic E-state index is 11.9. The highest BCUT2D eigenvalue weighted by Gasteiger charge is 2.08. The minimum absolute atomic E-state index is 0.0976. The number of nitrogens with one attached hydrogen (secondary N) is 1. The molecule has 0 atom stereocenters. The average molecular weight is 271 g/mol. The van der Waals surface area contributed by atoms with E-state index in [9.17, 15) is 4.79 Å². The summed E-state index contributed by atoms with van der Waals surface area (Å²) in [5.41, 5.74) is 8.09. The van der Waals surface area contributed by atoms with Crippen molar-refractivity contribution in [3.05, 3.63) is 48.2 Å². The number of carbonyl (C=O) groups is 1. The van der Waals surface area contributed by atoms with E-state index in [-0.39, 0.29) is 5.91 Å². The fraction of sp³-hybridized carbons (Fsp3) is 0.200. The van der Waals surface area contributed by atoms with E-state index in [1.807, 2.05) is 24.3 Å². The number of nitrogens with two attached hydrogens (primary N) is 1. The molecule has 3 N–H and O–H groups in total. The number of nitrogen functional groups attached to an aromatic ring is 1. The Morgan fingerprint density at radius 3 is 2.85 bits per heavy atom. The van der Waals surface area contributed by atoms with Crippen molar-refractivity contribution in [2.75, 3.05) is 18.2 Å². The van der Waals surface area contributed by atoms with Gasteiger partial charge in [-0.1, -0.05) is 18.2 Å². The van der Waals surface area contributed by atoms with Crippen LogP contribution in [-0.2, 0) is 11.2 Å². The Morgan fingerprint density at radius 1 is 1.30 bits per heavy atom. The van der Waals surface area contributed by atoms with Gasteiger partial charge in [0.2, 0.25) is 11.8 Å². The van der Waals surface area contributed by atoms with Gasteiger partial charge in [-0.3, -0.25) is 4.79 Å². The summed E-state index contributed by atoms with van der Waals surface area (Å²) in [5, 5.41) is 2.78. The molecule has 0 aliphatic rings. The Morgan fingerprint density at radius 2 is 2.10 bits per heavy atom. The zero-order valence-corrected chi connectivity index (χ0v) is 11.3. The minimum atomic E-state index is -0.0976. The SMILES string of the molecule is COc1ncccc1NC(=O)CCc1ccccc1N. The van der Waals surface area contributed by atoms with Crippen LogP contribution >= 0.6 is 0 Å². The van der Waals surface area contributed by atoms with Gasteiger partial charge in [-0.05, 0) is 30.2 Å². The number of hydrogen-bond acceptors (Lipinski definition) is 4. The standard InChI is InChI=1S/C15H17N3O2/c1-20-15-13(7-4-10-17-15)18-14(19)9-8-11-5-2-3-6-12(11)16/h2-7,10H,8-9,16H2,1H3,(H,18,19). The molecule has 0 unspecified atom stereocenters. The molecule has 0 aliphatic carbocycles. The number of hydrogen-bond donors (Lipinski definition) is 2. The van der Waals surface area contributed by atoms with Gasteiger partial charge < -0.3 is 15.8 Å². The van der Waals surface area contributed by atoms with Crippen molar-refractivity contribution in [2.45, 2.75) is 12.8 Å². The molecular weight excluding hydrogens is 254 g/mol. The smallest absolute Gasteiger partial charge is 0.237 e. The van der Waals surface area contributed by atoms with Gasteiger partial charge in [0.25, 0.3) is 0 Å². The quantitative estimate of drug-likeness (QED) is 0.818. The van der Waals surface area contributed by atoms with E-state index in [0.29, 0.717) is 30.1 Å². The molecule has 5 nitrogen and oxygen atoms in total. The molecule has 104 valence electrons. The molecular formula is C15H17N3O2. The molecule has 0 fully saturated rings. The van der Waals surface area contributed by atoms with E-state index in [1.54, 1.807) is 18.3 Å². The van der Waals surface area contributed by atoms with Crippen molar-refractivity contribution in [2.24, 2.45) is 0 Å². The number of rotatable bonds is 5. The number of carbonyl (C=O) groups excluding carboxylic acids is 1. The van der Waals surface area contributed by atoms with E-state index in [2.05, 4.69) is 10.3 Å². The minimum Gasteiger partial charge on any atom is -0.480 e. The van der Waals surface area contributed by atoms with Crippen molar-refractivity contribution in [3.8, 4) is 5.88 Å². The summed E-state index contributed by atoms with van der Waals surface area (Å²) in [6.45, 7) is 0. The molecule has 0 aliphatic heterocycles. The van der Waals surface area contributed by atoms with Crippen LogP contribution in [0.5, 0.6) is 5.88 Å². The third kappa shape index (κ3) is 3.47. The fourth-order valence-corrected chi connectivity index (χ4v) is 1.87. The lowest BCUT2D eigenvalue weighted by Gasteiger charge is -2.09. The predicted molar refractivity (Wildman–Crippen MR) is 78.6 cm³/mol. The van der Waals surface area contributed by atoms with Crippen molar-refractivity contribution in [1.29, 1.82) is 0 Å². The molecule has 0 saturated heterocycles. The number of methoxy groups -OCH3 is 1. The molecule has 2 aromatic rings. The second-order valence-corrected chi connectivity index (χ2v) is 4.31. The van der Waals surface area contributed by atoms with Gasteiger partial charge in [0.1, 0.15) is 5.69 Å². The number of amides is 1. The van der Waals surface area contributed by atoms with Crippen molar-refractivity contribution in [3.63, 3.8) is 0 Å². The second kappa shape index (κ2) is 6.56. The molecule has 0 bridgehead atoms. The topological polar surface area (TPSA) is 77.2 Å². The Labute approximate surface area is 117 Å². The van der Waals surface area contributed by atoms with Gasteiger partial charge in [-0.25, -0.2) is 4.98 Å². The van der Waals surface area contributed by atoms with Crippen LogP contribution < -0.4 is 15.8 Å². The molecule has 0 spiro atoms. The van der Waals surface area contributed by atoms with E-state index in [1.165, 1.54) is 7.11 Å². The highest BCUT2D eigenvalue weighted by atomic mass is 16.5. The van der Waals surface area contributed by atoms with E-state index < -0.39 is 0 Å². The van der Waals surface area contributed by atoms with Gasteiger partial charge in [0, 0.05) is 18.3 Å². The Hall–Kier alpha value is -2.56. The summed E-state index contributed by atoms with van der Waals surface area (Å²) < 4.78 is 5.08. The van der Waals surface area contributed by atoms with Gasteiger partial charge in [0.15, 0.2) is 0 Å². The van der Waals surface area contributed by atoms with Crippen LogP contribution in [0.4, 0.5) is 11.4 Å². The molecule has 0 saturated carbocycles. The zero-order chi connectivity index (χ0) is 14.4. The molecule has 0 radical (unpaired) electrons. The maximum atomic E-state index is 11.9. The molecule has 20 heavy (non-hydrogen) atoms. The third-order valence-corrected chi connectivity index (χ3v) is 2.92. The van der Waals surface area contributed by atoms with Crippen LogP contribution in [0.25, 0.3) is 0 Å². The number of nitrogens with zero attached hydrogens (tertiary/aromatic N) is 1. The van der Waals surface area contributed by atoms with Gasteiger partial charge in [-0.15, -0.1) is 0 Å². The predicted octanol–water partition coefficient (Wildman–Crippen LogP) is 2.24. The second-order valence-electron chi connectivity index (χ2n) is 4.31. The molecule has 5 heteroatoms. The molecule has 1 aromatic carbocycles. The van der Waals surface area contributed by atoms with Crippen LogP contribution in [-0.4, -0.2) is 18.0 Å². The number of benzene rings is 1. The van der Waals surface area contributed by atoms with E-state index in [4.69, 9.17) is 10.5 Å². The van der Waals surface area contributed by atoms with Crippen LogP contribution in [0.3, 0.4) is 0 Å². The van der Waals surface area contributed by atoms with Gasteiger partial charge >= 0.3 is 0 Å². The Kier molecular flexibility index (Phi) is 4.55. The molecule has 1 heterocycles. The number of ether oxygens (including phenoxy) is 1. The summed E-state index contributed by atoms with van der Waals surface area (Å²) in [4.78, 5) is 16.0. The summed E-state index contributed by atoms with van der Waals surface area (Å²) >= 11 is 0. The lowest BCUT2D eigenvalue weighted by molar-refractivity contribution is -0.116. The Balaban J connectivity index is 1.95. The molecule has 1 aromatic heterocycles. The van der Waals surface area contributed by atoms with E-state index >= 15 is 0 Å². The zero-order valence-electron chi connectivity index (χ0n) is 11.3. The average Bonchev–Trinajstić information content (AvgIpc) is 2.47. The van der Waals surface area contributed by atoms with Gasteiger partial charge in [0.05, 0.1) is 7.11 Å². The van der Waals surface area contributed by atoms with Crippen LogP contribution in [0, 0.1) is 0 Å². The van der Waals surface area contributed by atoms with Crippen LogP contribution in [0.15, 0.2) is 42.6 Å². The first-order chi connectivity index (χ1) is 9.70. The third-order valence-electron chi connectivity index (χ3n) is 2.92. The summed E-state index contributed by atoms with van der Waals surface area (Å²) in [7, 11) is 1.52. The lowest BCUT2D eigenvalue weighted by atomic mass is 10.1. The maximum Gasteiger partial charge on any atom is 0.237 e.